The number of hydrogen-bond acceptors (Lipinski definition) is 7. The third-order valence-electron chi connectivity index (χ3n) is 2.65. The van der Waals surface area contributed by atoms with Crippen molar-refractivity contribution in [3.05, 3.63) is 34.0 Å². The first-order chi connectivity index (χ1) is 9.63. The average Bonchev–Trinajstić information content (AvgIpc) is 2.41. The van der Waals surface area contributed by atoms with E-state index in [9.17, 15) is 4.79 Å². The number of aryl methyl sites for hydroxylation is 1. The highest BCUT2D eigenvalue weighted by molar-refractivity contribution is 7.99. The van der Waals surface area contributed by atoms with Gasteiger partial charge in [0, 0.05) is 17.3 Å². The summed E-state index contributed by atoms with van der Waals surface area (Å²) in [7, 11) is 0. The molecule has 0 aliphatic heterocycles. The molecule has 2 heterocycles. The second-order valence-corrected chi connectivity index (χ2v) is 5.17. The van der Waals surface area contributed by atoms with Crippen molar-refractivity contribution in [1.29, 1.82) is 0 Å². The van der Waals surface area contributed by atoms with Crippen molar-refractivity contribution in [2.45, 2.75) is 36.9 Å². The Bertz CT molecular complexity index is 657. The third kappa shape index (κ3) is 3.34. The van der Waals surface area contributed by atoms with Crippen LogP contribution in [0.5, 0.6) is 0 Å². The van der Waals surface area contributed by atoms with Gasteiger partial charge >= 0.3 is 0 Å². The molecule has 2 aromatic heterocycles. The van der Waals surface area contributed by atoms with Crippen LogP contribution in [-0.4, -0.2) is 19.9 Å². The van der Waals surface area contributed by atoms with Crippen molar-refractivity contribution in [3.63, 3.8) is 0 Å². The molecule has 7 nitrogen and oxygen atoms in total. The number of anilines is 1. The van der Waals surface area contributed by atoms with Gasteiger partial charge in [-0.1, -0.05) is 13.3 Å². The quantitative estimate of drug-likeness (QED) is 0.329. The largest absolute Gasteiger partial charge is 0.308 e. The Morgan fingerprint density at radius 2 is 2.25 bits per heavy atom. The number of nitrogens with two attached hydrogens (primary N) is 1. The van der Waals surface area contributed by atoms with Gasteiger partial charge in [0.1, 0.15) is 17.2 Å². The third-order valence-corrected chi connectivity index (χ3v) is 3.64. The van der Waals surface area contributed by atoms with Crippen LogP contribution in [0.3, 0.4) is 0 Å². The van der Waals surface area contributed by atoms with E-state index in [-0.39, 0.29) is 5.56 Å². The summed E-state index contributed by atoms with van der Waals surface area (Å²) in [6.07, 6.45) is 3.13. The predicted octanol–water partition coefficient (Wildman–Crippen LogP) is 1.26. The van der Waals surface area contributed by atoms with Gasteiger partial charge in [0.2, 0.25) is 0 Å². The Balaban J connectivity index is 2.32. The maximum atomic E-state index is 11.6. The molecule has 2 rings (SSSR count). The molecule has 0 saturated heterocycles. The molecular formula is C12H16N6OS. The van der Waals surface area contributed by atoms with Crippen LogP contribution >= 0.6 is 11.8 Å². The molecule has 0 unspecified atom stereocenters. The van der Waals surface area contributed by atoms with E-state index < -0.39 is 0 Å². The summed E-state index contributed by atoms with van der Waals surface area (Å²) in [5.41, 5.74) is 3.94. The zero-order chi connectivity index (χ0) is 14.5. The van der Waals surface area contributed by atoms with Gasteiger partial charge in [0.15, 0.2) is 5.16 Å². The second-order valence-electron chi connectivity index (χ2n) is 4.19. The van der Waals surface area contributed by atoms with Gasteiger partial charge in [0.05, 0.1) is 0 Å². The number of aromatic nitrogens is 4. The van der Waals surface area contributed by atoms with Crippen molar-refractivity contribution < 1.29 is 0 Å². The fraction of sp³-hybridized carbons (Fsp3) is 0.333. The maximum Gasteiger partial charge on any atom is 0.251 e. The number of rotatable bonds is 5. The summed E-state index contributed by atoms with van der Waals surface area (Å²) >= 11 is 1.28. The van der Waals surface area contributed by atoms with E-state index in [0.717, 1.165) is 24.1 Å². The van der Waals surface area contributed by atoms with E-state index in [4.69, 9.17) is 5.84 Å². The number of hydrazine groups is 1. The molecule has 106 valence electrons. The van der Waals surface area contributed by atoms with Crippen LogP contribution in [0.15, 0.2) is 27.4 Å². The molecule has 0 atom stereocenters. The number of nitrogens with one attached hydrogen (secondary N) is 2. The van der Waals surface area contributed by atoms with Crippen molar-refractivity contribution in [3.8, 4) is 0 Å². The first-order valence-electron chi connectivity index (χ1n) is 6.20. The van der Waals surface area contributed by atoms with Crippen LogP contribution in [0.25, 0.3) is 0 Å². The van der Waals surface area contributed by atoms with Gasteiger partial charge < -0.3 is 10.4 Å². The van der Waals surface area contributed by atoms with E-state index >= 15 is 0 Å². The molecule has 2 aromatic rings. The molecule has 0 amide bonds. The van der Waals surface area contributed by atoms with Gasteiger partial charge in [-0.05, 0) is 25.1 Å². The Morgan fingerprint density at radius 1 is 1.45 bits per heavy atom. The van der Waals surface area contributed by atoms with E-state index in [1.165, 1.54) is 24.2 Å². The van der Waals surface area contributed by atoms with Gasteiger partial charge in [-0.2, -0.15) is 0 Å². The lowest BCUT2D eigenvalue weighted by molar-refractivity contribution is 0.814. The maximum absolute atomic E-state index is 11.6. The van der Waals surface area contributed by atoms with Crippen molar-refractivity contribution in [2.24, 2.45) is 5.84 Å². The van der Waals surface area contributed by atoms with E-state index in [2.05, 4.69) is 25.4 Å². The van der Waals surface area contributed by atoms with Crippen molar-refractivity contribution in [2.75, 3.05) is 5.43 Å². The van der Waals surface area contributed by atoms with E-state index in [1.807, 2.05) is 13.8 Å². The number of nitrogens with zero attached hydrogens (tertiary/aromatic N) is 3. The van der Waals surface area contributed by atoms with Crippen LogP contribution in [-0.2, 0) is 6.42 Å². The molecule has 8 heteroatoms. The fourth-order valence-corrected chi connectivity index (χ4v) is 2.54. The summed E-state index contributed by atoms with van der Waals surface area (Å²) in [5, 5.41) is 1.22. The minimum atomic E-state index is -0.158. The SMILES string of the molecule is CCCc1cc(=O)[nH]c(Sc2ncnc(NN)c2C)n1. The lowest BCUT2D eigenvalue weighted by Crippen LogP contribution is -2.12. The number of H-pyrrole nitrogens is 1. The molecule has 0 aliphatic rings. The Kier molecular flexibility index (Phi) is 4.70. The molecular weight excluding hydrogens is 276 g/mol. The molecule has 0 saturated carbocycles. The topological polar surface area (TPSA) is 110 Å². The summed E-state index contributed by atoms with van der Waals surface area (Å²) in [6.45, 7) is 3.90. The molecule has 0 fully saturated rings. The second kappa shape index (κ2) is 6.49. The number of nitrogen functional groups attached to an aromatic ring is 1. The first kappa shape index (κ1) is 14.5. The Labute approximate surface area is 120 Å². The standard InChI is InChI=1S/C12H16N6OS/c1-3-4-8-5-9(19)17-12(16-8)20-11-7(2)10(18-13)14-6-15-11/h5-6H,3-4,13H2,1-2H3,(H,14,15,18)(H,16,17,19). The Morgan fingerprint density at radius 3 is 2.95 bits per heavy atom. The molecule has 0 spiro atoms. The number of hydrogen-bond donors (Lipinski definition) is 3. The summed E-state index contributed by atoms with van der Waals surface area (Å²) in [6, 6.07) is 1.52. The lowest BCUT2D eigenvalue weighted by Gasteiger charge is -2.08. The summed E-state index contributed by atoms with van der Waals surface area (Å²) in [5.74, 6) is 5.93. The van der Waals surface area contributed by atoms with Crippen molar-refractivity contribution in [1.82, 2.24) is 19.9 Å². The predicted molar refractivity (Wildman–Crippen MR) is 77.6 cm³/mol. The molecule has 0 aliphatic carbocycles. The molecule has 0 radical (unpaired) electrons. The van der Waals surface area contributed by atoms with Crippen LogP contribution < -0.4 is 16.8 Å². The summed E-state index contributed by atoms with van der Waals surface area (Å²) < 4.78 is 0. The van der Waals surface area contributed by atoms with Gasteiger partial charge in [-0.3, -0.25) is 4.79 Å². The normalized spacial score (nSPS) is 10.6. The first-order valence-corrected chi connectivity index (χ1v) is 7.02. The fourth-order valence-electron chi connectivity index (χ4n) is 1.69. The van der Waals surface area contributed by atoms with Crippen LogP contribution in [0.4, 0.5) is 5.82 Å². The molecule has 4 N–H and O–H groups in total. The minimum absolute atomic E-state index is 0.158. The highest BCUT2D eigenvalue weighted by Crippen LogP contribution is 2.27. The zero-order valence-corrected chi connectivity index (χ0v) is 12.1. The van der Waals surface area contributed by atoms with Gasteiger partial charge in [-0.15, -0.1) is 0 Å². The monoisotopic (exact) mass is 292 g/mol. The molecule has 0 bridgehead atoms. The zero-order valence-electron chi connectivity index (χ0n) is 11.3. The van der Waals surface area contributed by atoms with E-state index in [1.54, 1.807) is 0 Å². The van der Waals surface area contributed by atoms with Gasteiger partial charge in [0.25, 0.3) is 5.56 Å². The average molecular weight is 292 g/mol. The lowest BCUT2D eigenvalue weighted by atomic mass is 10.2. The molecule has 0 aromatic carbocycles. The smallest absolute Gasteiger partial charge is 0.251 e. The summed E-state index contributed by atoms with van der Waals surface area (Å²) in [4.78, 5) is 26.9. The molecule has 20 heavy (non-hydrogen) atoms. The Hall–Kier alpha value is -1.93. The van der Waals surface area contributed by atoms with E-state index in [0.29, 0.717) is 16.0 Å². The van der Waals surface area contributed by atoms with Gasteiger partial charge in [-0.25, -0.2) is 20.8 Å². The van der Waals surface area contributed by atoms with Crippen LogP contribution in [0.2, 0.25) is 0 Å². The van der Waals surface area contributed by atoms with Crippen LogP contribution in [0, 0.1) is 6.92 Å². The number of aromatic amines is 1. The van der Waals surface area contributed by atoms with Crippen molar-refractivity contribution >= 4 is 17.6 Å². The highest BCUT2D eigenvalue weighted by atomic mass is 32.2. The highest BCUT2D eigenvalue weighted by Gasteiger charge is 2.10. The minimum Gasteiger partial charge on any atom is -0.308 e. The van der Waals surface area contributed by atoms with Crippen LogP contribution in [0.1, 0.15) is 24.6 Å².